The van der Waals surface area contributed by atoms with Gasteiger partial charge in [0.1, 0.15) is 5.58 Å². The van der Waals surface area contributed by atoms with Crippen LogP contribution in [0.5, 0.6) is 0 Å². The van der Waals surface area contributed by atoms with Crippen molar-refractivity contribution < 1.29 is 9.21 Å². The summed E-state index contributed by atoms with van der Waals surface area (Å²) in [6.07, 6.45) is 3.35. The molecule has 0 aliphatic carbocycles. The van der Waals surface area contributed by atoms with Crippen molar-refractivity contribution >= 4 is 27.6 Å². The molecule has 136 valence electrons. The molecule has 1 amide bonds. The van der Waals surface area contributed by atoms with Gasteiger partial charge in [0.2, 0.25) is 0 Å². The first-order valence-corrected chi connectivity index (χ1v) is 9.53. The summed E-state index contributed by atoms with van der Waals surface area (Å²) in [7, 11) is 1.99. The molecule has 1 aliphatic heterocycles. The number of rotatable bonds is 4. The summed E-state index contributed by atoms with van der Waals surface area (Å²) in [5.41, 5.74) is 1.78. The Morgan fingerprint density at radius 1 is 1.15 bits per heavy atom. The van der Waals surface area contributed by atoms with Crippen molar-refractivity contribution in [3.05, 3.63) is 47.7 Å². The molecular weight excluding hydrogens is 324 g/mol. The fourth-order valence-corrected chi connectivity index (χ4v) is 4.07. The zero-order chi connectivity index (χ0) is 18.1. The Morgan fingerprint density at radius 2 is 1.92 bits per heavy atom. The Balaban J connectivity index is 1.60. The van der Waals surface area contributed by atoms with Gasteiger partial charge in [-0.2, -0.15) is 0 Å². The third-order valence-electron chi connectivity index (χ3n) is 5.73. The molecule has 4 heteroatoms. The summed E-state index contributed by atoms with van der Waals surface area (Å²) in [5, 5.41) is 6.46. The van der Waals surface area contributed by atoms with Crippen molar-refractivity contribution in [3.63, 3.8) is 0 Å². The van der Waals surface area contributed by atoms with Crippen LogP contribution in [0.25, 0.3) is 21.7 Å². The molecule has 4 rings (SSSR count). The van der Waals surface area contributed by atoms with Gasteiger partial charge in [-0.1, -0.05) is 36.4 Å². The van der Waals surface area contributed by atoms with E-state index in [1.165, 1.54) is 6.42 Å². The Hall–Kier alpha value is -2.33. The number of piperidine rings is 1. The van der Waals surface area contributed by atoms with Crippen molar-refractivity contribution in [3.8, 4) is 0 Å². The maximum absolute atomic E-state index is 13.1. The first-order valence-electron chi connectivity index (χ1n) is 9.53. The van der Waals surface area contributed by atoms with E-state index >= 15 is 0 Å². The summed E-state index contributed by atoms with van der Waals surface area (Å²) in [6, 6.07) is 12.3. The van der Waals surface area contributed by atoms with Crippen LogP contribution in [0.2, 0.25) is 0 Å². The van der Waals surface area contributed by atoms with Gasteiger partial charge < -0.3 is 14.6 Å². The van der Waals surface area contributed by atoms with E-state index in [9.17, 15) is 4.79 Å². The van der Waals surface area contributed by atoms with Crippen LogP contribution in [0.3, 0.4) is 0 Å². The number of likely N-dealkylation sites (tertiary alicyclic amines) is 1. The van der Waals surface area contributed by atoms with E-state index in [1.807, 2.05) is 31.0 Å². The summed E-state index contributed by atoms with van der Waals surface area (Å²) >= 11 is 0. The number of hydrogen-bond donors (Lipinski definition) is 1. The van der Waals surface area contributed by atoms with E-state index in [4.69, 9.17) is 4.42 Å². The average Bonchev–Trinajstić information content (AvgIpc) is 3.03. The van der Waals surface area contributed by atoms with Crippen LogP contribution in [0.15, 0.2) is 40.8 Å². The lowest BCUT2D eigenvalue weighted by atomic mass is 9.93. The number of benzene rings is 2. The number of amides is 1. The number of aryl methyl sites for hydroxylation is 1. The van der Waals surface area contributed by atoms with Crippen molar-refractivity contribution in [2.75, 3.05) is 26.7 Å². The number of carbonyl (C=O) groups is 1. The van der Waals surface area contributed by atoms with E-state index < -0.39 is 0 Å². The largest absolute Gasteiger partial charge is 0.450 e. The molecule has 0 saturated carbocycles. The summed E-state index contributed by atoms with van der Waals surface area (Å²) in [6.45, 7) is 4.69. The molecule has 4 nitrogen and oxygen atoms in total. The molecule has 0 unspecified atom stereocenters. The molecule has 3 aromatic rings. The van der Waals surface area contributed by atoms with Gasteiger partial charge in [0.15, 0.2) is 5.76 Å². The second kappa shape index (κ2) is 7.12. The van der Waals surface area contributed by atoms with Crippen molar-refractivity contribution in [2.24, 2.45) is 5.92 Å². The molecule has 0 bridgehead atoms. The highest BCUT2D eigenvalue weighted by Gasteiger charge is 2.27. The number of carbonyl (C=O) groups excluding carboxylic acids is 1. The lowest BCUT2D eigenvalue weighted by molar-refractivity contribution is 0.0656. The summed E-state index contributed by atoms with van der Waals surface area (Å²) < 4.78 is 6.12. The van der Waals surface area contributed by atoms with Gasteiger partial charge in [0.05, 0.1) is 0 Å². The fraction of sp³-hybridized carbons (Fsp3) is 0.409. The zero-order valence-electron chi connectivity index (χ0n) is 15.5. The monoisotopic (exact) mass is 350 g/mol. The summed E-state index contributed by atoms with van der Waals surface area (Å²) in [5.74, 6) is 1.26. The summed E-state index contributed by atoms with van der Waals surface area (Å²) in [4.78, 5) is 15.0. The maximum atomic E-state index is 13.1. The van der Waals surface area contributed by atoms with Gasteiger partial charge in [-0.05, 0) is 51.1 Å². The van der Waals surface area contributed by atoms with Crippen LogP contribution in [0, 0.1) is 12.8 Å². The Kier molecular flexibility index (Phi) is 4.68. The van der Waals surface area contributed by atoms with E-state index in [1.54, 1.807) is 0 Å². The van der Waals surface area contributed by atoms with E-state index in [0.717, 1.165) is 59.8 Å². The molecule has 0 atom stereocenters. The highest BCUT2D eigenvalue weighted by molar-refractivity contribution is 6.08. The Bertz CT molecular complexity index is 936. The van der Waals surface area contributed by atoms with Gasteiger partial charge >= 0.3 is 0 Å². The number of nitrogens with zero attached hydrogens (tertiary/aromatic N) is 1. The number of hydrogen-bond acceptors (Lipinski definition) is 3. The van der Waals surface area contributed by atoms with Gasteiger partial charge in [-0.3, -0.25) is 4.79 Å². The van der Waals surface area contributed by atoms with E-state index in [0.29, 0.717) is 11.7 Å². The average molecular weight is 350 g/mol. The van der Waals surface area contributed by atoms with Crippen LogP contribution >= 0.6 is 0 Å². The Morgan fingerprint density at radius 3 is 2.69 bits per heavy atom. The fourth-order valence-electron chi connectivity index (χ4n) is 4.07. The molecule has 1 saturated heterocycles. The smallest absolute Gasteiger partial charge is 0.289 e. The zero-order valence-corrected chi connectivity index (χ0v) is 15.5. The third kappa shape index (κ3) is 2.99. The predicted molar refractivity (Wildman–Crippen MR) is 106 cm³/mol. The van der Waals surface area contributed by atoms with Crippen LogP contribution in [0.4, 0.5) is 0 Å². The lowest BCUT2D eigenvalue weighted by Gasteiger charge is -2.31. The molecule has 2 aromatic carbocycles. The molecule has 1 N–H and O–H groups in total. The quantitative estimate of drug-likeness (QED) is 0.760. The SMILES string of the molecule is CNCCC1CCN(C(=O)c2oc3c(ccc4ccccc43)c2C)CC1. The number of fused-ring (bicyclic) bond motifs is 3. The number of nitrogens with one attached hydrogen (secondary N) is 1. The number of furan rings is 1. The van der Waals surface area contributed by atoms with E-state index in [2.05, 4.69) is 29.6 Å². The van der Waals surface area contributed by atoms with Crippen LogP contribution in [0.1, 0.15) is 35.4 Å². The second-order valence-corrected chi connectivity index (χ2v) is 7.35. The molecular formula is C22H26N2O2. The van der Waals surface area contributed by atoms with Crippen LogP contribution in [-0.2, 0) is 0 Å². The molecule has 0 spiro atoms. The molecule has 1 aliphatic rings. The molecule has 2 heterocycles. The highest BCUT2D eigenvalue weighted by Crippen LogP contribution is 2.33. The van der Waals surface area contributed by atoms with Crippen LogP contribution < -0.4 is 5.32 Å². The normalized spacial score (nSPS) is 15.8. The van der Waals surface area contributed by atoms with Gasteiger partial charge in [-0.25, -0.2) is 0 Å². The van der Waals surface area contributed by atoms with Crippen LogP contribution in [-0.4, -0.2) is 37.5 Å². The first-order chi connectivity index (χ1) is 12.7. The maximum Gasteiger partial charge on any atom is 0.289 e. The second-order valence-electron chi connectivity index (χ2n) is 7.35. The molecule has 26 heavy (non-hydrogen) atoms. The third-order valence-corrected chi connectivity index (χ3v) is 5.73. The minimum atomic E-state index is 0.0369. The Labute approximate surface area is 154 Å². The first kappa shape index (κ1) is 17.1. The van der Waals surface area contributed by atoms with Gasteiger partial charge in [-0.15, -0.1) is 0 Å². The topological polar surface area (TPSA) is 45.5 Å². The van der Waals surface area contributed by atoms with Crippen molar-refractivity contribution in [2.45, 2.75) is 26.2 Å². The van der Waals surface area contributed by atoms with E-state index in [-0.39, 0.29) is 5.91 Å². The van der Waals surface area contributed by atoms with Crippen molar-refractivity contribution in [1.82, 2.24) is 10.2 Å². The van der Waals surface area contributed by atoms with Crippen molar-refractivity contribution in [1.29, 1.82) is 0 Å². The molecule has 1 aromatic heterocycles. The van der Waals surface area contributed by atoms with Gasteiger partial charge in [0.25, 0.3) is 5.91 Å². The predicted octanol–water partition coefficient (Wildman–Crippen LogP) is 4.36. The van der Waals surface area contributed by atoms with Gasteiger partial charge in [0, 0.05) is 29.4 Å². The highest BCUT2D eigenvalue weighted by atomic mass is 16.3. The lowest BCUT2D eigenvalue weighted by Crippen LogP contribution is -2.39. The molecule has 1 fully saturated rings. The molecule has 0 radical (unpaired) electrons. The minimum absolute atomic E-state index is 0.0369. The standard InChI is InChI=1S/C22H26N2O2/c1-15-18-8-7-17-5-3-4-6-19(17)21(18)26-20(15)22(25)24-13-10-16(11-14-24)9-12-23-2/h3-8,16,23H,9-14H2,1-2H3. The minimum Gasteiger partial charge on any atom is -0.450 e.